The lowest BCUT2D eigenvalue weighted by atomic mass is 9.77. The van der Waals surface area contributed by atoms with Crippen molar-refractivity contribution in [2.45, 2.75) is 50.5 Å². The van der Waals surface area contributed by atoms with E-state index < -0.39 is 0 Å². The zero-order valence-electron chi connectivity index (χ0n) is 12.4. The first-order chi connectivity index (χ1) is 9.73. The first-order valence-electron chi connectivity index (χ1n) is 7.82. The van der Waals surface area contributed by atoms with Gasteiger partial charge in [0.1, 0.15) is 0 Å². The van der Waals surface area contributed by atoms with Gasteiger partial charge >= 0.3 is 0 Å². The van der Waals surface area contributed by atoms with Crippen LogP contribution in [0.15, 0.2) is 18.2 Å². The summed E-state index contributed by atoms with van der Waals surface area (Å²) in [6, 6.07) is 6.12. The van der Waals surface area contributed by atoms with Crippen LogP contribution >= 0.6 is 0 Å². The van der Waals surface area contributed by atoms with Gasteiger partial charge in [0.25, 0.3) is 0 Å². The Morgan fingerprint density at radius 3 is 2.60 bits per heavy atom. The van der Waals surface area contributed by atoms with Gasteiger partial charge in [-0.1, -0.05) is 31.4 Å². The third-order valence-electron chi connectivity index (χ3n) is 4.64. The highest BCUT2D eigenvalue weighted by molar-refractivity contribution is 5.50. The zero-order valence-corrected chi connectivity index (χ0v) is 12.4. The molecule has 2 aliphatic carbocycles. The minimum absolute atomic E-state index is 0.244. The number of rotatable bonds is 5. The van der Waals surface area contributed by atoms with Crippen LogP contribution in [0.3, 0.4) is 0 Å². The van der Waals surface area contributed by atoms with Gasteiger partial charge in [0.05, 0.1) is 13.7 Å². The molecule has 0 unspecified atom stereocenters. The van der Waals surface area contributed by atoms with E-state index in [9.17, 15) is 0 Å². The second kappa shape index (κ2) is 5.65. The van der Waals surface area contributed by atoms with Crippen molar-refractivity contribution in [1.29, 1.82) is 0 Å². The molecule has 0 aliphatic heterocycles. The molecule has 0 amide bonds. The summed E-state index contributed by atoms with van der Waals surface area (Å²) in [7, 11) is 1.70. The number of nitrogens with two attached hydrogens (primary N) is 1. The molecule has 2 N–H and O–H groups in total. The third kappa shape index (κ3) is 2.78. The van der Waals surface area contributed by atoms with Crippen LogP contribution in [0.1, 0.15) is 50.5 Å². The summed E-state index contributed by atoms with van der Waals surface area (Å²) in [5.41, 5.74) is 7.58. The van der Waals surface area contributed by atoms with E-state index in [0.717, 1.165) is 42.4 Å². The number of para-hydroxylation sites is 1. The van der Waals surface area contributed by atoms with E-state index in [1.807, 2.05) is 12.1 Å². The summed E-state index contributed by atoms with van der Waals surface area (Å²) < 4.78 is 11.6. The molecule has 0 heterocycles. The van der Waals surface area contributed by atoms with Crippen LogP contribution in [0.2, 0.25) is 0 Å². The standard InChI is InChI=1S/C17H25NO2/c1-19-15-7-5-6-14(16(15)20-12-13-8-9-13)17(18)10-3-2-4-11-17/h5-7,13H,2-4,8-12,18H2,1H3. The molecule has 3 nitrogen and oxygen atoms in total. The van der Waals surface area contributed by atoms with Gasteiger partial charge in [0.2, 0.25) is 0 Å². The molecule has 110 valence electrons. The lowest BCUT2D eigenvalue weighted by Crippen LogP contribution is -2.39. The van der Waals surface area contributed by atoms with E-state index in [0.29, 0.717) is 0 Å². The molecule has 0 spiro atoms. The topological polar surface area (TPSA) is 44.5 Å². The molecule has 2 aliphatic rings. The molecular formula is C17H25NO2. The second-order valence-corrected chi connectivity index (χ2v) is 6.31. The molecule has 3 heteroatoms. The number of hydrogen-bond donors (Lipinski definition) is 1. The van der Waals surface area contributed by atoms with Gasteiger partial charge in [0.15, 0.2) is 11.5 Å². The average Bonchev–Trinajstić information content (AvgIpc) is 3.29. The van der Waals surface area contributed by atoms with Gasteiger partial charge in [0, 0.05) is 11.1 Å². The Hall–Kier alpha value is -1.22. The quantitative estimate of drug-likeness (QED) is 0.893. The summed E-state index contributed by atoms with van der Waals surface area (Å²) in [6.07, 6.45) is 8.36. The lowest BCUT2D eigenvalue weighted by molar-refractivity contribution is 0.251. The predicted octanol–water partition coefficient (Wildman–Crippen LogP) is 3.60. The van der Waals surface area contributed by atoms with Crippen molar-refractivity contribution in [2.24, 2.45) is 11.7 Å². The van der Waals surface area contributed by atoms with Crippen LogP contribution < -0.4 is 15.2 Å². The fraction of sp³-hybridized carbons (Fsp3) is 0.647. The van der Waals surface area contributed by atoms with Gasteiger partial charge < -0.3 is 15.2 Å². The molecule has 2 saturated carbocycles. The molecule has 0 bridgehead atoms. The summed E-state index contributed by atoms with van der Waals surface area (Å²) in [6.45, 7) is 0.795. The van der Waals surface area contributed by atoms with Crippen molar-refractivity contribution in [3.05, 3.63) is 23.8 Å². The fourth-order valence-corrected chi connectivity index (χ4v) is 3.16. The SMILES string of the molecule is COc1cccc(C2(N)CCCCC2)c1OCC1CC1. The van der Waals surface area contributed by atoms with E-state index >= 15 is 0 Å². The summed E-state index contributed by atoms with van der Waals surface area (Å²) in [5, 5.41) is 0. The Labute approximate surface area is 121 Å². The highest BCUT2D eigenvalue weighted by atomic mass is 16.5. The van der Waals surface area contributed by atoms with Crippen LogP contribution in [-0.4, -0.2) is 13.7 Å². The third-order valence-corrected chi connectivity index (χ3v) is 4.64. The monoisotopic (exact) mass is 275 g/mol. The molecular weight excluding hydrogens is 250 g/mol. The zero-order chi connectivity index (χ0) is 14.0. The van der Waals surface area contributed by atoms with Gasteiger partial charge in [-0.2, -0.15) is 0 Å². The van der Waals surface area contributed by atoms with Crippen LogP contribution in [0, 0.1) is 5.92 Å². The summed E-state index contributed by atoms with van der Waals surface area (Å²) in [5.74, 6) is 2.43. The normalized spacial score (nSPS) is 21.5. The Kier molecular flexibility index (Phi) is 3.88. The van der Waals surface area contributed by atoms with Crippen LogP contribution in [0.4, 0.5) is 0 Å². The molecule has 0 radical (unpaired) electrons. The van der Waals surface area contributed by atoms with Crippen LogP contribution in [-0.2, 0) is 5.54 Å². The van der Waals surface area contributed by atoms with Gasteiger partial charge in [-0.25, -0.2) is 0 Å². The van der Waals surface area contributed by atoms with Crippen molar-refractivity contribution in [1.82, 2.24) is 0 Å². The smallest absolute Gasteiger partial charge is 0.166 e. The van der Waals surface area contributed by atoms with E-state index in [4.69, 9.17) is 15.2 Å². The Balaban J connectivity index is 1.90. The van der Waals surface area contributed by atoms with E-state index in [-0.39, 0.29) is 5.54 Å². The highest BCUT2D eigenvalue weighted by Crippen LogP contribution is 2.44. The Morgan fingerprint density at radius 1 is 1.20 bits per heavy atom. The van der Waals surface area contributed by atoms with E-state index in [1.165, 1.54) is 32.1 Å². The molecule has 0 aromatic heterocycles. The first kappa shape index (κ1) is 13.7. The molecule has 20 heavy (non-hydrogen) atoms. The molecule has 1 aromatic carbocycles. The van der Waals surface area contributed by atoms with Crippen molar-refractivity contribution >= 4 is 0 Å². The first-order valence-corrected chi connectivity index (χ1v) is 7.82. The van der Waals surface area contributed by atoms with E-state index in [1.54, 1.807) is 7.11 Å². The second-order valence-electron chi connectivity index (χ2n) is 6.31. The molecule has 2 fully saturated rings. The van der Waals surface area contributed by atoms with Gasteiger partial charge in [-0.3, -0.25) is 0 Å². The summed E-state index contributed by atoms with van der Waals surface area (Å²) in [4.78, 5) is 0. The largest absolute Gasteiger partial charge is 0.493 e. The average molecular weight is 275 g/mol. The minimum atomic E-state index is -0.244. The fourth-order valence-electron chi connectivity index (χ4n) is 3.16. The van der Waals surface area contributed by atoms with Crippen molar-refractivity contribution in [3.63, 3.8) is 0 Å². The predicted molar refractivity (Wildman–Crippen MR) is 80.2 cm³/mol. The Bertz CT molecular complexity index is 462. The number of ether oxygens (including phenoxy) is 2. The Morgan fingerprint density at radius 2 is 1.95 bits per heavy atom. The van der Waals surface area contributed by atoms with Gasteiger partial charge in [-0.05, 0) is 37.7 Å². The molecule has 0 atom stereocenters. The number of methoxy groups -OCH3 is 1. The molecule has 1 aromatic rings. The number of hydrogen-bond acceptors (Lipinski definition) is 3. The maximum absolute atomic E-state index is 6.69. The summed E-state index contributed by atoms with van der Waals surface area (Å²) >= 11 is 0. The highest BCUT2D eigenvalue weighted by Gasteiger charge is 2.34. The lowest BCUT2D eigenvalue weighted by Gasteiger charge is -2.35. The van der Waals surface area contributed by atoms with E-state index in [2.05, 4.69) is 6.07 Å². The number of benzene rings is 1. The maximum atomic E-state index is 6.69. The maximum Gasteiger partial charge on any atom is 0.166 e. The van der Waals surface area contributed by atoms with Crippen molar-refractivity contribution < 1.29 is 9.47 Å². The molecule has 3 rings (SSSR count). The van der Waals surface area contributed by atoms with Crippen LogP contribution in [0.5, 0.6) is 11.5 Å². The van der Waals surface area contributed by atoms with Crippen molar-refractivity contribution in [2.75, 3.05) is 13.7 Å². The minimum Gasteiger partial charge on any atom is -0.493 e. The van der Waals surface area contributed by atoms with Crippen LogP contribution in [0.25, 0.3) is 0 Å². The molecule has 0 saturated heterocycles. The van der Waals surface area contributed by atoms with Gasteiger partial charge in [-0.15, -0.1) is 0 Å². The van der Waals surface area contributed by atoms with Crippen molar-refractivity contribution in [3.8, 4) is 11.5 Å².